The Bertz CT molecular complexity index is 629. The van der Waals surface area contributed by atoms with Crippen molar-refractivity contribution in [3.8, 4) is 5.75 Å². The first kappa shape index (κ1) is 14.9. The van der Waals surface area contributed by atoms with Crippen molar-refractivity contribution in [3.05, 3.63) is 59.7 Å². The minimum Gasteiger partial charge on any atom is -0.496 e. The van der Waals surface area contributed by atoms with Crippen molar-refractivity contribution >= 4 is 5.69 Å². The number of nitrogens with one attached hydrogen (secondary N) is 1. The number of nitrogens with two attached hydrogens (primary N) is 1. The maximum Gasteiger partial charge on any atom is 0.123 e. The second kappa shape index (κ2) is 6.81. The van der Waals surface area contributed by atoms with E-state index in [0.29, 0.717) is 6.04 Å². The van der Waals surface area contributed by atoms with Crippen LogP contribution in [-0.2, 0) is 6.54 Å². The zero-order chi connectivity index (χ0) is 15.4. The largest absolute Gasteiger partial charge is 0.496 e. The summed E-state index contributed by atoms with van der Waals surface area (Å²) in [4.78, 5) is 2.49. The minimum atomic E-state index is 0.311. The van der Waals surface area contributed by atoms with Crippen LogP contribution < -0.4 is 15.8 Å². The summed E-state index contributed by atoms with van der Waals surface area (Å²) >= 11 is 0. The number of nitrogens with zero attached hydrogens (tertiary/aromatic N) is 1. The average molecular weight is 297 g/mol. The molecule has 1 fully saturated rings. The molecule has 1 atom stereocenters. The fourth-order valence-electron chi connectivity index (χ4n) is 3.11. The Morgan fingerprint density at radius 1 is 1.23 bits per heavy atom. The Morgan fingerprint density at radius 3 is 2.91 bits per heavy atom. The Labute approximate surface area is 131 Å². The van der Waals surface area contributed by atoms with Crippen molar-refractivity contribution in [1.82, 2.24) is 10.2 Å². The van der Waals surface area contributed by atoms with Crippen LogP contribution in [0.2, 0.25) is 0 Å². The molecule has 22 heavy (non-hydrogen) atoms. The second-order valence-corrected chi connectivity index (χ2v) is 5.68. The Balaban J connectivity index is 1.85. The monoisotopic (exact) mass is 297 g/mol. The molecule has 0 amide bonds. The maximum absolute atomic E-state index is 5.90. The van der Waals surface area contributed by atoms with Crippen LogP contribution in [-0.4, -0.2) is 31.6 Å². The van der Waals surface area contributed by atoms with Gasteiger partial charge in [0, 0.05) is 37.4 Å². The summed E-state index contributed by atoms with van der Waals surface area (Å²) in [5.74, 6) is 0.953. The second-order valence-electron chi connectivity index (χ2n) is 5.68. The first-order valence-corrected chi connectivity index (χ1v) is 7.70. The lowest BCUT2D eigenvalue weighted by Crippen LogP contribution is -2.45. The van der Waals surface area contributed by atoms with Gasteiger partial charge in [0.2, 0.25) is 0 Å². The van der Waals surface area contributed by atoms with Crippen LogP contribution in [0.1, 0.15) is 17.2 Å². The molecule has 1 aliphatic heterocycles. The van der Waals surface area contributed by atoms with E-state index in [1.807, 2.05) is 24.3 Å². The molecule has 2 aromatic carbocycles. The highest BCUT2D eigenvalue weighted by Crippen LogP contribution is 2.31. The first-order valence-electron chi connectivity index (χ1n) is 7.70. The number of para-hydroxylation sites is 1. The summed E-state index contributed by atoms with van der Waals surface area (Å²) < 4.78 is 5.54. The van der Waals surface area contributed by atoms with Crippen LogP contribution in [0.4, 0.5) is 5.69 Å². The van der Waals surface area contributed by atoms with Crippen molar-refractivity contribution in [2.75, 3.05) is 32.5 Å². The summed E-state index contributed by atoms with van der Waals surface area (Å²) in [6.07, 6.45) is 0. The summed E-state index contributed by atoms with van der Waals surface area (Å²) in [5, 5.41) is 3.49. The van der Waals surface area contributed by atoms with Crippen LogP contribution in [0.15, 0.2) is 48.5 Å². The number of anilines is 1. The Kier molecular flexibility index (Phi) is 4.61. The van der Waals surface area contributed by atoms with Gasteiger partial charge in [-0.1, -0.05) is 30.3 Å². The molecule has 0 aromatic heterocycles. The lowest BCUT2D eigenvalue weighted by molar-refractivity contribution is 0.151. The van der Waals surface area contributed by atoms with Gasteiger partial charge >= 0.3 is 0 Å². The summed E-state index contributed by atoms with van der Waals surface area (Å²) in [6, 6.07) is 16.7. The molecule has 3 rings (SSSR count). The van der Waals surface area contributed by atoms with E-state index in [1.165, 1.54) is 11.1 Å². The van der Waals surface area contributed by atoms with Crippen LogP contribution in [0, 0.1) is 0 Å². The molecular formula is C18H23N3O. The highest BCUT2D eigenvalue weighted by molar-refractivity contribution is 5.41. The van der Waals surface area contributed by atoms with Gasteiger partial charge in [-0.25, -0.2) is 0 Å². The third-order valence-electron chi connectivity index (χ3n) is 4.19. The van der Waals surface area contributed by atoms with Crippen molar-refractivity contribution in [2.45, 2.75) is 12.6 Å². The Hall–Kier alpha value is -2.04. The normalized spacial score (nSPS) is 19.0. The van der Waals surface area contributed by atoms with Gasteiger partial charge in [-0.3, -0.25) is 4.90 Å². The van der Waals surface area contributed by atoms with Gasteiger partial charge in [-0.2, -0.15) is 0 Å². The molecule has 0 bridgehead atoms. The maximum atomic E-state index is 5.90. The van der Waals surface area contributed by atoms with Gasteiger partial charge in [0.15, 0.2) is 0 Å². The molecule has 1 heterocycles. The molecule has 116 valence electrons. The number of hydrogen-bond donors (Lipinski definition) is 2. The lowest BCUT2D eigenvalue weighted by atomic mass is 10.0. The summed E-state index contributed by atoms with van der Waals surface area (Å²) in [7, 11) is 1.73. The van der Waals surface area contributed by atoms with Crippen molar-refractivity contribution < 1.29 is 4.74 Å². The number of nitrogen functional groups attached to an aromatic ring is 1. The van der Waals surface area contributed by atoms with Crippen molar-refractivity contribution in [1.29, 1.82) is 0 Å². The molecule has 2 aromatic rings. The van der Waals surface area contributed by atoms with Gasteiger partial charge in [-0.05, 0) is 23.8 Å². The predicted octanol–water partition coefficient (Wildman–Crippen LogP) is 2.42. The predicted molar refractivity (Wildman–Crippen MR) is 89.9 cm³/mol. The van der Waals surface area contributed by atoms with Gasteiger partial charge in [0.1, 0.15) is 5.75 Å². The zero-order valence-electron chi connectivity index (χ0n) is 13.0. The summed E-state index contributed by atoms with van der Waals surface area (Å²) in [5.41, 5.74) is 9.21. The molecule has 0 spiro atoms. The van der Waals surface area contributed by atoms with E-state index in [-0.39, 0.29) is 0 Å². The lowest BCUT2D eigenvalue weighted by Gasteiger charge is -2.37. The summed E-state index contributed by atoms with van der Waals surface area (Å²) in [6.45, 7) is 3.85. The number of benzene rings is 2. The van der Waals surface area contributed by atoms with E-state index in [0.717, 1.165) is 37.6 Å². The first-order chi connectivity index (χ1) is 10.8. The number of piperazine rings is 1. The molecule has 0 saturated carbocycles. The van der Waals surface area contributed by atoms with Crippen LogP contribution in [0.3, 0.4) is 0 Å². The van der Waals surface area contributed by atoms with Gasteiger partial charge in [0.25, 0.3) is 0 Å². The SMILES string of the molecule is COc1ccccc1C1CNCCN1Cc1cccc(N)c1. The molecule has 1 saturated heterocycles. The van der Waals surface area contributed by atoms with E-state index >= 15 is 0 Å². The third kappa shape index (κ3) is 3.24. The molecule has 4 heteroatoms. The fourth-order valence-corrected chi connectivity index (χ4v) is 3.11. The molecule has 4 nitrogen and oxygen atoms in total. The average Bonchev–Trinajstić information content (AvgIpc) is 2.55. The van der Waals surface area contributed by atoms with E-state index in [2.05, 4.69) is 34.5 Å². The van der Waals surface area contributed by atoms with Crippen LogP contribution in [0.25, 0.3) is 0 Å². The molecular weight excluding hydrogens is 274 g/mol. The van der Waals surface area contributed by atoms with E-state index in [4.69, 9.17) is 10.5 Å². The molecule has 3 N–H and O–H groups in total. The highest BCUT2D eigenvalue weighted by atomic mass is 16.5. The Morgan fingerprint density at radius 2 is 2.09 bits per heavy atom. The smallest absolute Gasteiger partial charge is 0.123 e. The molecule has 1 unspecified atom stereocenters. The van der Waals surface area contributed by atoms with E-state index < -0.39 is 0 Å². The van der Waals surface area contributed by atoms with Crippen molar-refractivity contribution in [2.24, 2.45) is 0 Å². The van der Waals surface area contributed by atoms with E-state index in [1.54, 1.807) is 7.11 Å². The quantitative estimate of drug-likeness (QED) is 0.851. The standard InChI is InChI=1S/C18H23N3O/c1-22-18-8-3-2-7-16(18)17-12-20-9-10-21(17)13-14-5-4-6-15(19)11-14/h2-8,11,17,20H,9-10,12-13,19H2,1H3. The zero-order valence-corrected chi connectivity index (χ0v) is 13.0. The molecule has 0 radical (unpaired) electrons. The van der Waals surface area contributed by atoms with Crippen LogP contribution >= 0.6 is 0 Å². The van der Waals surface area contributed by atoms with Gasteiger partial charge < -0.3 is 15.8 Å². The fraction of sp³-hybridized carbons (Fsp3) is 0.333. The van der Waals surface area contributed by atoms with Crippen molar-refractivity contribution in [3.63, 3.8) is 0 Å². The minimum absolute atomic E-state index is 0.311. The third-order valence-corrected chi connectivity index (χ3v) is 4.19. The molecule has 1 aliphatic rings. The van der Waals surface area contributed by atoms with Gasteiger partial charge in [-0.15, -0.1) is 0 Å². The van der Waals surface area contributed by atoms with Crippen LogP contribution in [0.5, 0.6) is 5.75 Å². The highest BCUT2D eigenvalue weighted by Gasteiger charge is 2.26. The number of rotatable bonds is 4. The molecule has 0 aliphatic carbocycles. The number of hydrogen-bond acceptors (Lipinski definition) is 4. The topological polar surface area (TPSA) is 50.5 Å². The number of methoxy groups -OCH3 is 1. The van der Waals surface area contributed by atoms with E-state index in [9.17, 15) is 0 Å². The number of ether oxygens (including phenoxy) is 1. The van der Waals surface area contributed by atoms with Gasteiger partial charge in [0.05, 0.1) is 13.2 Å².